The molecule has 1 aromatic rings. The highest BCUT2D eigenvalue weighted by atomic mass is 35.5. The van der Waals surface area contributed by atoms with Gasteiger partial charge in [-0.2, -0.15) is 13.2 Å². The summed E-state index contributed by atoms with van der Waals surface area (Å²) in [6.45, 7) is 0. The van der Waals surface area contributed by atoms with Gasteiger partial charge in [0.1, 0.15) is 0 Å². The van der Waals surface area contributed by atoms with E-state index in [1.807, 2.05) is 0 Å². The molecule has 3 nitrogen and oxygen atoms in total. The first kappa shape index (κ1) is 19.8. The van der Waals surface area contributed by atoms with Crippen molar-refractivity contribution >= 4 is 18.3 Å². The van der Waals surface area contributed by atoms with Crippen molar-refractivity contribution in [3.05, 3.63) is 35.9 Å². The van der Waals surface area contributed by atoms with Gasteiger partial charge in [0.25, 0.3) is 0 Å². The molecule has 1 amide bonds. The Morgan fingerprint density at radius 2 is 1.91 bits per heavy atom. The van der Waals surface area contributed by atoms with Gasteiger partial charge < -0.3 is 11.1 Å². The number of hydrogen-bond donors (Lipinski definition) is 2. The number of nitrogens with two attached hydrogens (primary N) is 1. The summed E-state index contributed by atoms with van der Waals surface area (Å²) in [5.74, 6) is -0.289. The first-order valence-electron chi connectivity index (χ1n) is 7.52. The first-order chi connectivity index (χ1) is 10.3. The minimum absolute atomic E-state index is 0. The van der Waals surface area contributed by atoms with E-state index in [-0.39, 0.29) is 36.7 Å². The summed E-state index contributed by atoms with van der Waals surface area (Å²) in [5.41, 5.74) is 6.37. The van der Waals surface area contributed by atoms with Crippen molar-refractivity contribution in [3.63, 3.8) is 0 Å². The second-order valence-corrected chi connectivity index (χ2v) is 5.91. The average molecular weight is 351 g/mol. The molecule has 0 bridgehead atoms. The standard InChI is InChI=1S/C16H21F3N2O.ClH/c17-16(18,19)10-14(11-5-2-1-3-6-11)21-15(22)9-12-7-4-8-13(12)20;/h1-3,5-6,12-14H,4,7-10,20H2,(H,21,22);1H/t12-,13+,14?;/m0./s1. The van der Waals surface area contributed by atoms with E-state index >= 15 is 0 Å². The van der Waals surface area contributed by atoms with Crippen LogP contribution in [0.25, 0.3) is 0 Å². The molecule has 2 rings (SSSR count). The fraction of sp³-hybridized carbons (Fsp3) is 0.562. The number of halogens is 4. The Morgan fingerprint density at radius 1 is 1.26 bits per heavy atom. The second kappa shape index (κ2) is 8.55. The van der Waals surface area contributed by atoms with Crippen LogP contribution in [0.2, 0.25) is 0 Å². The normalized spacial score (nSPS) is 22.3. The lowest BCUT2D eigenvalue weighted by atomic mass is 9.98. The number of carbonyl (C=O) groups excluding carboxylic acids is 1. The van der Waals surface area contributed by atoms with Crippen LogP contribution < -0.4 is 11.1 Å². The molecular weight excluding hydrogens is 329 g/mol. The molecule has 0 saturated heterocycles. The molecule has 130 valence electrons. The SMILES string of the molecule is Cl.N[C@@H]1CCC[C@H]1CC(=O)NC(CC(F)(F)F)c1ccccc1. The van der Waals surface area contributed by atoms with E-state index < -0.39 is 18.6 Å². The van der Waals surface area contributed by atoms with Crippen molar-refractivity contribution < 1.29 is 18.0 Å². The molecular formula is C16H22ClF3N2O. The Bertz CT molecular complexity index is 496. The minimum Gasteiger partial charge on any atom is -0.349 e. The largest absolute Gasteiger partial charge is 0.391 e. The Labute approximate surface area is 140 Å². The van der Waals surface area contributed by atoms with Crippen molar-refractivity contribution in [2.75, 3.05) is 0 Å². The van der Waals surface area contributed by atoms with E-state index in [2.05, 4.69) is 5.32 Å². The molecule has 7 heteroatoms. The second-order valence-electron chi connectivity index (χ2n) is 5.91. The molecule has 1 aliphatic carbocycles. The summed E-state index contributed by atoms with van der Waals surface area (Å²) in [6.07, 6.45) is -2.49. The Balaban J connectivity index is 0.00000264. The lowest BCUT2D eigenvalue weighted by molar-refractivity contribution is -0.143. The Kier molecular flexibility index (Phi) is 7.35. The number of benzene rings is 1. The van der Waals surface area contributed by atoms with Gasteiger partial charge in [0, 0.05) is 12.5 Å². The van der Waals surface area contributed by atoms with E-state index in [1.165, 1.54) is 0 Å². The number of amides is 1. The zero-order valence-corrected chi connectivity index (χ0v) is 13.5. The van der Waals surface area contributed by atoms with E-state index in [1.54, 1.807) is 30.3 Å². The maximum atomic E-state index is 12.7. The summed E-state index contributed by atoms with van der Waals surface area (Å²) in [5, 5.41) is 2.52. The maximum Gasteiger partial charge on any atom is 0.391 e. The monoisotopic (exact) mass is 350 g/mol. The van der Waals surface area contributed by atoms with Gasteiger partial charge in [-0.1, -0.05) is 36.8 Å². The van der Waals surface area contributed by atoms with Crippen LogP contribution >= 0.6 is 12.4 Å². The van der Waals surface area contributed by atoms with Gasteiger partial charge in [-0.05, 0) is 24.3 Å². The zero-order valence-electron chi connectivity index (χ0n) is 12.7. The number of hydrogen-bond acceptors (Lipinski definition) is 2. The van der Waals surface area contributed by atoms with E-state index in [0.717, 1.165) is 19.3 Å². The van der Waals surface area contributed by atoms with Gasteiger partial charge in [-0.3, -0.25) is 4.79 Å². The van der Waals surface area contributed by atoms with Crippen LogP contribution in [0.4, 0.5) is 13.2 Å². The van der Waals surface area contributed by atoms with Crippen LogP contribution in [0.15, 0.2) is 30.3 Å². The zero-order chi connectivity index (χ0) is 16.2. The van der Waals surface area contributed by atoms with Crippen molar-refractivity contribution in [2.45, 2.75) is 50.4 Å². The Hall–Kier alpha value is -1.27. The van der Waals surface area contributed by atoms with Crippen LogP contribution in [-0.4, -0.2) is 18.1 Å². The molecule has 3 N–H and O–H groups in total. The smallest absolute Gasteiger partial charge is 0.349 e. The van der Waals surface area contributed by atoms with E-state index in [9.17, 15) is 18.0 Å². The highest BCUT2D eigenvalue weighted by Crippen LogP contribution is 2.31. The van der Waals surface area contributed by atoms with E-state index in [4.69, 9.17) is 5.73 Å². The van der Waals surface area contributed by atoms with Crippen LogP contribution in [0.5, 0.6) is 0 Å². The molecule has 0 aliphatic heterocycles. The number of carbonyl (C=O) groups is 1. The highest BCUT2D eigenvalue weighted by molar-refractivity contribution is 5.85. The third-order valence-corrected chi connectivity index (χ3v) is 4.14. The van der Waals surface area contributed by atoms with Crippen molar-refractivity contribution in [3.8, 4) is 0 Å². The van der Waals surface area contributed by atoms with Gasteiger partial charge in [0.2, 0.25) is 5.91 Å². The lowest BCUT2D eigenvalue weighted by Gasteiger charge is -2.22. The van der Waals surface area contributed by atoms with Gasteiger partial charge in [0.15, 0.2) is 0 Å². The topological polar surface area (TPSA) is 55.1 Å². The van der Waals surface area contributed by atoms with Crippen molar-refractivity contribution in [1.29, 1.82) is 0 Å². The minimum atomic E-state index is -4.34. The van der Waals surface area contributed by atoms with Crippen LogP contribution in [-0.2, 0) is 4.79 Å². The van der Waals surface area contributed by atoms with Crippen LogP contribution in [0, 0.1) is 5.92 Å². The predicted octanol–water partition coefficient (Wildman–Crippen LogP) is 3.74. The average Bonchev–Trinajstić information content (AvgIpc) is 2.83. The first-order valence-corrected chi connectivity index (χ1v) is 7.52. The van der Waals surface area contributed by atoms with Gasteiger partial charge >= 0.3 is 6.18 Å². The molecule has 1 aliphatic rings. The molecule has 1 saturated carbocycles. The quantitative estimate of drug-likeness (QED) is 0.850. The molecule has 0 heterocycles. The van der Waals surface area contributed by atoms with Crippen LogP contribution in [0.3, 0.4) is 0 Å². The molecule has 23 heavy (non-hydrogen) atoms. The third kappa shape index (κ3) is 6.39. The van der Waals surface area contributed by atoms with Crippen molar-refractivity contribution in [1.82, 2.24) is 5.32 Å². The van der Waals surface area contributed by atoms with Crippen molar-refractivity contribution in [2.24, 2.45) is 11.7 Å². The molecule has 0 aromatic heterocycles. The number of rotatable bonds is 5. The molecule has 0 radical (unpaired) electrons. The molecule has 1 aromatic carbocycles. The number of alkyl halides is 3. The molecule has 1 fully saturated rings. The van der Waals surface area contributed by atoms with E-state index in [0.29, 0.717) is 5.56 Å². The summed E-state index contributed by atoms with van der Waals surface area (Å²) in [7, 11) is 0. The summed E-state index contributed by atoms with van der Waals surface area (Å²) >= 11 is 0. The van der Waals surface area contributed by atoms with Crippen LogP contribution in [0.1, 0.15) is 43.7 Å². The predicted molar refractivity (Wildman–Crippen MR) is 85.2 cm³/mol. The summed E-state index contributed by atoms with van der Waals surface area (Å²) < 4.78 is 38.2. The van der Waals surface area contributed by atoms with Gasteiger partial charge in [-0.25, -0.2) is 0 Å². The van der Waals surface area contributed by atoms with Gasteiger partial charge in [0.05, 0.1) is 12.5 Å². The molecule has 1 unspecified atom stereocenters. The summed E-state index contributed by atoms with van der Waals surface area (Å²) in [6, 6.07) is 7.17. The third-order valence-electron chi connectivity index (χ3n) is 4.14. The fourth-order valence-corrected chi connectivity index (χ4v) is 2.98. The highest BCUT2D eigenvalue weighted by Gasteiger charge is 2.34. The lowest BCUT2D eigenvalue weighted by Crippen LogP contribution is -2.35. The number of nitrogens with one attached hydrogen (secondary N) is 1. The maximum absolute atomic E-state index is 12.7. The fourth-order valence-electron chi connectivity index (χ4n) is 2.98. The summed E-state index contributed by atoms with van der Waals surface area (Å²) in [4.78, 5) is 12.1. The Morgan fingerprint density at radius 3 is 2.43 bits per heavy atom. The molecule has 3 atom stereocenters. The molecule has 0 spiro atoms. The van der Waals surface area contributed by atoms with Gasteiger partial charge in [-0.15, -0.1) is 12.4 Å².